The molecule has 0 aromatic carbocycles. The van der Waals surface area contributed by atoms with E-state index in [9.17, 15) is 9.90 Å². The smallest absolute Gasteiger partial charge is 0.257 e. The number of aliphatic hydroxyl groups excluding tert-OH is 1. The summed E-state index contributed by atoms with van der Waals surface area (Å²) in [6, 6.07) is 1.52. The number of nitrogen functional groups attached to an aromatic ring is 1. The van der Waals surface area contributed by atoms with E-state index in [0.29, 0.717) is 24.3 Å². The average Bonchev–Trinajstić information content (AvgIpc) is 2.35. The van der Waals surface area contributed by atoms with E-state index in [0.717, 1.165) is 6.42 Å². The second kappa shape index (κ2) is 5.12. The zero-order valence-electron chi connectivity index (χ0n) is 10.1. The summed E-state index contributed by atoms with van der Waals surface area (Å²) < 4.78 is 0. The first-order valence-electron chi connectivity index (χ1n) is 5.87. The molecule has 6 heteroatoms. The topological polar surface area (TPSA) is 79.5 Å². The third-order valence-corrected chi connectivity index (χ3v) is 3.60. The van der Waals surface area contributed by atoms with Crippen LogP contribution in [0.5, 0.6) is 0 Å². The van der Waals surface area contributed by atoms with E-state index in [-0.39, 0.29) is 17.0 Å². The largest absolute Gasteiger partial charge is 0.397 e. The number of aromatic nitrogens is 1. The summed E-state index contributed by atoms with van der Waals surface area (Å²) in [5, 5.41) is 9.94. The molecule has 18 heavy (non-hydrogen) atoms. The fourth-order valence-electron chi connectivity index (χ4n) is 2.02. The van der Waals surface area contributed by atoms with Gasteiger partial charge in [-0.2, -0.15) is 0 Å². The van der Waals surface area contributed by atoms with Crippen molar-refractivity contribution in [2.75, 3.05) is 18.8 Å². The van der Waals surface area contributed by atoms with E-state index >= 15 is 0 Å². The second-order valence-corrected chi connectivity index (χ2v) is 5.05. The van der Waals surface area contributed by atoms with Crippen molar-refractivity contribution >= 4 is 23.2 Å². The maximum absolute atomic E-state index is 12.3. The third-order valence-electron chi connectivity index (χ3n) is 3.30. The van der Waals surface area contributed by atoms with Crippen molar-refractivity contribution in [3.63, 3.8) is 0 Å². The minimum Gasteiger partial charge on any atom is -0.397 e. The zero-order chi connectivity index (χ0) is 13.3. The highest BCUT2D eigenvalue weighted by atomic mass is 35.5. The predicted octanol–water partition coefficient (Wildman–Crippen LogP) is 1.16. The van der Waals surface area contributed by atoms with Crippen LogP contribution in [0.2, 0.25) is 5.15 Å². The lowest BCUT2D eigenvalue weighted by Gasteiger charge is -2.34. The van der Waals surface area contributed by atoms with Gasteiger partial charge in [-0.15, -0.1) is 0 Å². The highest BCUT2D eigenvalue weighted by molar-refractivity contribution is 6.32. The van der Waals surface area contributed by atoms with Crippen molar-refractivity contribution < 1.29 is 9.90 Å². The summed E-state index contributed by atoms with van der Waals surface area (Å²) in [6.07, 6.45) is 1.70. The fourth-order valence-corrected chi connectivity index (χ4v) is 2.20. The molecule has 1 fully saturated rings. The van der Waals surface area contributed by atoms with Crippen molar-refractivity contribution in [3.05, 3.63) is 23.0 Å². The summed E-state index contributed by atoms with van der Waals surface area (Å²) >= 11 is 5.90. The van der Waals surface area contributed by atoms with Crippen LogP contribution >= 0.6 is 11.6 Å². The Morgan fingerprint density at radius 3 is 3.06 bits per heavy atom. The van der Waals surface area contributed by atoms with E-state index in [1.54, 1.807) is 4.90 Å². The molecule has 1 aliphatic heterocycles. The quantitative estimate of drug-likeness (QED) is 0.750. The SMILES string of the molecule is CC1CCN(C(=O)c2cc(N)cnc2Cl)CC1O. The molecule has 3 N–H and O–H groups in total. The van der Waals surface area contributed by atoms with Gasteiger partial charge in [0.15, 0.2) is 0 Å². The number of piperidine rings is 1. The Bertz CT molecular complexity index is 467. The number of likely N-dealkylation sites (tertiary alicyclic amines) is 1. The summed E-state index contributed by atoms with van der Waals surface area (Å²) in [4.78, 5) is 17.7. The van der Waals surface area contributed by atoms with Gasteiger partial charge in [0.2, 0.25) is 0 Å². The number of hydrogen-bond donors (Lipinski definition) is 2. The minimum atomic E-state index is -0.490. The number of nitrogens with two attached hydrogens (primary N) is 1. The molecule has 2 rings (SSSR count). The predicted molar refractivity (Wildman–Crippen MR) is 69.4 cm³/mol. The van der Waals surface area contributed by atoms with Crippen molar-refractivity contribution in [3.8, 4) is 0 Å². The Hall–Kier alpha value is -1.33. The number of anilines is 1. The first-order valence-corrected chi connectivity index (χ1v) is 6.25. The molecule has 0 radical (unpaired) electrons. The van der Waals surface area contributed by atoms with Gasteiger partial charge in [0, 0.05) is 13.1 Å². The Morgan fingerprint density at radius 1 is 1.67 bits per heavy atom. The van der Waals surface area contributed by atoms with Crippen molar-refractivity contribution in [2.45, 2.75) is 19.4 Å². The summed E-state index contributed by atoms with van der Waals surface area (Å²) in [5.74, 6) is -0.0192. The lowest BCUT2D eigenvalue weighted by atomic mass is 9.95. The number of pyridine rings is 1. The van der Waals surface area contributed by atoms with Gasteiger partial charge in [0.1, 0.15) is 5.15 Å². The van der Waals surface area contributed by atoms with Crippen molar-refractivity contribution in [2.24, 2.45) is 5.92 Å². The first kappa shape index (κ1) is 13.1. The molecule has 0 aliphatic carbocycles. The molecule has 1 aromatic heterocycles. The van der Waals surface area contributed by atoms with Gasteiger partial charge in [-0.3, -0.25) is 4.79 Å². The molecule has 0 saturated carbocycles. The van der Waals surface area contributed by atoms with Crippen LogP contribution in [0.1, 0.15) is 23.7 Å². The van der Waals surface area contributed by atoms with E-state index < -0.39 is 6.10 Å². The van der Waals surface area contributed by atoms with Gasteiger partial charge in [-0.1, -0.05) is 18.5 Å². The number of carbonyl (C=O) groups excluding carboxylic acids is 1. The summed E-state index contributed by atoms with van der Waals surface area (Å²) in [7, 11) is 0. The van der Waals surface area contributed by atoms with Crippen molar-refractivity contribution in [1.29, 1.82) is 0 Å². The molecule has 1 aromatic rings. The molecular formula is C12H16ClN3O2. The van der Waals surface area contributed by atoms with Crippen LogP contribution in [0, 0.1) is 5.92 Å². The number of rotatable bonds is 1. The Morgan fingerprint density at radius 2 is 2.39 bits per heavy atom. The van der Waals surface area contributed by atoms with E-state index in [1.807, 2.05) is 6.92 Å². The monoisotopic (exact) mass is 269 g/mol. The van der Waals surface area contributed by atoms with Gasteiger partial charge < -0.3 is 15.7 Å². The minimum absolute atomic E-state index is 0.141. The molecule has 2 atom stereocenters. The van der Waals surface area contributed by atoms with Crippen LogP contribution in [0.3, 0.4) is 0 Å². The number of amides is 1. The molecule has 1 amide bonds. The van der Waals surface area contributed by atoms with Gasteiger partial charge in [-0.25, -0.2) is 4.98 Å². The lowest BCUT2D eigenvalue weighted by molar-refractivity contribution is 0.0248. The van der Waals surface area contributed by atoms with Gasteiger partial charge in [0.05, 0.1) is 23.6 Å². The highest BCUT2D eigenvalue weighted by Crippen LogP contribution is 2.22. The van der Waals surface area contributed by atoms with Gasteiger partial charge in [0.25, 0.3) is 5.91 Å². The zero-order valence-corrected chi connectivity index (χ0v) is 10.9. The maximum atomic E-state index is 12.3. The molecule has 2 heterocycles. The number of aliphatic hydroxyl groups is 1. The molecule has 98 valence electrons. The van der Waals surface area contributed by atoms with E-state index in [1.165, 1.54) is 12.3 Å². The standard InChI is InChI=1S/C12H16ClN3O2/c1-7-2-3-16(6-10(7)17)12(18)9-4-8(14)5-15-11(9)13/h4-5,7,10,17H,2-3,6,14H2,1H3. The fraction of sp³-hybridized carbons (Fsp3) is 0.500. The van der Waals surface area contributed by atoms with Gasteiger partial charge in [-0.05, 0) is 18.4 Å². The molecule has 1 aliphatic rings. The van der Waals surface area contributed by atoms with Crippen LogP contribution in [-0.2, 0) is 0 Å². The molecule has 1 saturated heterocycles. The van der Waals surface area contributed by atoms with Crippen LogP contribution in [0.25, 0.3) is 0 Å². The second-order valence-electron chi connectivity index (χ2n) is 4.69. The number of hydrogen-bond acceptors (Lipinski definition) is 4. The Labute approximate surface area is 111 Å². The van der Waals surface area contributed by atoms with Crippen LogP contribution < -0.4 is 5.73 Å². The Kier molecular flexibility index (Phi) is 3.73. The Balaban J connectivity index is 2.19. The number of nitrogens with zero attached hydrogens (tertiary/aromatic N) is 2. The number of halogens is 1. The molecule has 0 bridgehead atoms. The summed E-state index contributed by atoms with van der Waals surface area (Å²) in [5.41, 5.74) is 6.29. The molecule has 0 spiro atoms. The summed E-state index contributed by atoms with van der Waals surface area (Å²) in [6.45, 7) is 2.91. The lowest BCUT2D eigenvalue weighted by Crippen LogP contribution is -2.45. The maximum Gasteiger partial charge on any atom is 0.257 e. The van der Waals surface area contributed by atoms with Crippen LogP contribution in [0.15, 0.2) is 12.3 Å². The molecule has 2 unspecified atom stereocenters. The normalized spacial score (nSPS) is 24.1. The van der Waals surface area contributed by atoms with E-state index in [4.69, 9.17) is 17.3 Å². The average molecular weight is 270 g/mol. The number of β-amino-alcohol motifs (C(OH)–C–C–N with tert-alkyl or cyclic N) is 1. The molecular weight excluding hydrogens is 254 g/mol. The third kappa shape index (κ3) is 2.57. The van der Waals surface area contributed by atoms with Crippen LogP contribution in [-0.4, -0.2) is 40.1 Å². The van der Waals surface area contributed by atoms with E-state index in [2.05, 4.69) is 4.98 Å². The van der Waals surface area contributed by atoms with Crippen LogP contribution in [0.4, 0.5) is 5.69 Å². The number of carbonyl (C=O) groups is 1. The molecule has 5 nitrogen and oxygen atoms in total. The highest BCUT2D eigenvalue weighted by Gasteiger charge is 2.29. The first-order chi connectivity index (χ1) is 8.49. The van der Waals surface area contributed by atoms with Crippen molar-refractivity contribution in [1.82, 2.24) is 9.88 Å². The van der Waals surface area contributed by atoms with Gasteiger partial charge >= 0.3 is 0 Å².